The SMILES string of the molecule is O=C1S/C(=C\c2ccc(OCc3ccccc3Cl)cc2)C(=O)N1Cc1cc2c(cc1Cl)OCO2. The quantitative estimate of drug-likeness (QED) is 0.348. The third kappa shape index (κ3) is 4.73. The van der Waals surface area contributed by atoms with E-state index in [0.29, 0.717) is 44.4 Å². The van der Waals surface area contributed by atoms with Crippen LogP contribution in [0.2, 0.25) is 10.0 Å². The van der Waals surface area contributed by atoms with E-state index >= 15 is 0 Å². The first-order valence-electron chi connectivity index (χ1n) is 10.3. The molecular weight excluding hydrogens is 497 g/mol. The minimum Gasteiger partial charge on any atom is -0.489 e. The number of rotatable bonds is 6. The molecule has 0 aliphatic carbocycles. The number of nitrogens with zero attached hydrogens (tertiary/aromatic N) is 1. The normalized spacial score (nSPS) is 15.9. The molecule has 6 nitrogen and oxygen atoms in total. The van der Waals surface area contributed by atoms with Crippen molar-refractivity contribution in [2.75, 3.05) is 6.79 Å². The van der Waals surface area contributed by atoms with E-state index in [1.165, 1.54) is 4.90 Å². The van der Waals surface area contributed by atoms with E-state index in [4.69, 9.17) is 37.4 Å². The lowest BCUT2D eigenvalue weighted by molar-refractivity contribution is -0.123. The van der Waals surface area contributed by atoms with Crippen LogP contribution in [-0.2, 0) is 17.9 Å². The molecule has 0 aromatic heterocycles. The fraction of sp³-hybridized carbons (Fsp3) is 0.120. The smallest absolute Gasteiger partial charge is 0.293 e. The Morgan fingerprint density at radius 1 is 0.941 bits per heavy atom. The number of halogens is 2. The van der Waals surface area contributed by atoms with Gasteiger partial charge < -0.3 is 14.2 Å². The summed E-state index contributed by atoms with van der Waals surface area (Å²) in [6.07, 6.45) is 1.68. The van der Waals surface area contributed by atoms with E-state index in [0.717, 1.165) is 22.9 Å². The molecule has 9 heteroatoms. The van der Waals surface area contributed by atoms with Crippen molar-refractivity contribution in [2.45, 2.75) is 13.2 Å². The average molecular weight is 514 g/mol. The number of thioether (sulfide) groups is 1. The first-order valence-corrected chi connectivity index (χ1v) is 11.8. The molecule has 2 amide bonds. The summed E-state index contributed by atoms with van der Waals surface area (Å²) in [6, 6.07) is 18.1. The summed E-state index contributed by atoms with van der Waals surface area (Å²) in [5.41, 5.74) is 2.27. The van der Waals surface area contributed by atoms with Crippen molar-refractivity contribution in [3.63, 3.8) is 0 Å². The van der Waals surface area contributed by atoms with Crippen LogP contribution in [0.15, 0.2) is 65.6 Å². The average Bonchev–Trinajstić information content (AvgIpc) is 3.38. The van der Waals surface area contributed by atoms with E-state index in [1.54, 1.807) is 30.3 Å². The summed E-state index contributed by atoms with van der Waals surface area (Å²) in [5.74, 6) is 1.38. The summed E-state index contributed by atoms with van der Waals surface area (Å²) >= 11 is 13.4. The Bertz CT molecular complexity index is 1310. The standard InChI is InChI=1S/C25H17Cl2NO5S/c26-19-4-2-1-3-16(19)13-31-18-7-5-15(6-8-18)9-23-24(29)28(25(30)34-23)12-17-10-21-22(11-20(17)27)33-14-32-21/h1-11H,12-14H2/b23-9-. The Balaban J connectivity index is 1.26. The number of carbonyl (C=O) groups excluding carboxylic acids is 2. The second kappa shape index (κ2) is 9.62. The third-order valence-corrected chi connectivity index (χ3v) is 6.90. The van der Waals surface area contributed by atoms with Crippen molar-refractivity contribution in [3.8, 4) is 17.2 Å². The Morgan fingerprint density at radius 3 is 2.44 bits per heavy atom. The number of fused-ring (bicyclic) bond motifs is 1. The van der Waals surface area contributed by atoms with Gasteiger partial charge in [-0.25, -0.2) is 0 Å². The van der Waals surface area contributed by atoms with Gasteiger partial charge in [0.2, 0.25) is 6.79 Å². The zero-order valence-electron chi connectivity index (χ0n) is 17.6. The van der Waals surface area contributed by atoms with Crippen LogP contribution in [-0.4, -0.2) is 22.8 Å². The van der Waals surface area contributed by atoms with E-state index in [1.807, 2.05) is 36.4 Å². The molecule has 5 rings (SSSR count). The number of benzene rings is 3. The van der Waals surface area contributed by atoms with Gasteiger partial charge in [-0.05, 0) is 53.2 Å². The van der Waals surface area contributed by atoms with Crippen LogP contribution >= 0.6 is 35.0 Å². The highest BCUT2D eigenvalue weighted by Crippen LogP contribution is 2.39. The Morgan fingerprint density at radius 2 is 1.68 bits per heavy atom. The zero-order chi connectivity index (χ0) is 23.7. The van der Waals surface area contributed by atoms with Crippen molar-refractivity contribution in [2.24, 2.45) is 0 Å². The molecule has 34 heavy (non-hydrogen) atoms. The lowest BCUT2D eigenvalue weighted by atomic mass is 10.1. The van der Waals surface area contributed by atoms with Gasteiger partial charge in [-0.2, -0.15) is 0 Å². The van der Waals surface area contributed by atoms with Crippen molar-refractivity contribution >= 4 is 52.2 Å². The molecule has 172 valence electrons. The third-order valence-electron chi connectivity index (χ3n) is 5.27. The molecule has 0 N–H and O–H groups in total. The molecule has 0 radical (unpaired) electrons. The molecule has 0 saturated carbocycles. The number of hydrogen-bond donors (Lipinski definition) is 0. The minimum absolute atomic E-state index is 0.0479. The number of carbonyl (C=O) groups is 2. The van der Waals surface area contributed by atoms with Gasteiger partial charge in [0.15, 0.2) is 11.5 Å². The molecule has 2 aliphatic heterocycles. The molecule has 2 aliphatic rings. The molecule has 3 aromatic rings. The molecule has 2 heterocycles. The van der Waals surface area contributed by atoms with Crippen molar-refractivity contribution in [1.29, 1.82) is 0 Å². The maximum atomic E-state index is 12.9. The number of ether oxygens (including phenoxy) is 3. The lowest BCUT2D eigenvalue weighted by Crippen LogP contribution is -2.27. The lowest BCUT2D eigenvalue weighted by Gasteiger charge is -2.14. The van der Waals surface area contributed by atoms with Crippen molar-refractivity contribution in [1.82, 2.24) is 4.90 Å². The van der Waals surface area contributed by atoms with Crippen molar-refractivity contribution < 1.29 is 23.8 Å². The highest BCUT2D eigenvalue weighted by Gasteiger charge is 2.35. The fourth-order valence-electron chi connectivity index (χ4n) is 3.48. The first kappa shape index (κ1) is 22.7. The molecule has 1 saturated heterocycles. The minimum atomic E-state index is -0.372. The molecule has 0 bridgehead atoms. The topological polar surface area (TPSA) is 65.1 Å². The number of imide groups is 1. The molecular formula is C25H17Cl2NO5S. The largest absolute Gasteiger partial charge is 0.489 e. The summed E-state index contributed by atoms with van der Waals surface area (Å²) in [7, 11) is 0. The van der Waals surface area contributed by atoms with Crippen molar-refractivity contribution in [3.05, 3.63) is 92.3 Å². The van der Waals surface area contributed by atoms with Gasteiger partial charge in [0.05, 0.1) is 11.4 Å². The zero-order valence-corrected chi connectivity index (χ0v) is 20.0. The highest BCUT2D eigenvalue weighted by atomic mass is 35.5. The molecule has 0 unspecified atom stereocenters. The Hall–Kier alpha value is -3.13. The van der Waals surface area contributed by atoms with E-state index in [2.05, 4.69) is 0 Å². The van der Waals surface area contributed by atoms with Crippen LogP contribution in [0.5, 0.6) is 17.2 Å². The van der Waals surface area contributed by atoms with Crippen LogP contribution < -0.4 is 14.2 Å². The summed E-state index contributed by atoms with van der Waals surface area (Å²) in [6.45, 7) is 0.510. The van der Waals surface area contributed by atoms with Gasteiger partial charge in [-0.15, -0.1) is 0 Å². The number of amides is 2. The molecule has 0 spiro atoms. The maximum absolute atomic E-state index is 12.9. The molecule has 1 fully saturated rings. The van der Waals surface area contributed by atoms with Gasteiger partial charge in [-0.3, -0.25) is 14.5 Å². The van der Waals surface area contributed by atoms with Gasteiger partial charge >= 0.3 is 0 Å². The summed E-state index contributed by atoms with van der Waals surface area (Å²) in [5, 5.41) is 0.696. The fourth-order valence-corrected chi connectivity index (χ4v) is 4.72. The first-order chi connectivity index (χ1) is 16.5. The van der Waals surface area contributed by atoms with E-state index in [-0.39, 0.29) is 24.5 Å². The predicted octanol–water partition coefficient (Wildman–Crippen LogP) is 6.54. The Kier molecular flexibility index (Phi) is 6.41. The van der Waals surface area contributed by atoms with Gasteiger partial charge in [0, 0.05) is 21.7 Å². The Labute approximate surface area is 210 Å². The molecule has 3 aromatic carbocycles. The van der Waals surface area contributed by atoms with Crippen LogP contribution in [0.3, 0.4) is 0 Å². The van der Waals surface area contributed by atoms with Gasteiger partial charge in [-0.1, -0.05) is 53.5 Å². The number of hydrogen-bond acceptors (Lipinski definition) is 6. The second-order valence-corrected chi connectivity index (χ2v) is 9.32. The summed E-state index contributed by atoms with van der Waals surface area (Å²) in [4.78, 5) is 26.9. The highest BCUT2D eigenvalue weighted by molar-refractivity contribution is 8.18. The van der Waals surface area contributed by atoms with Crippen LogP contribution in [0.4, 0.5) is 4.79 Å². The predicted molar refractivity (Wildman–Crippen MR) is 131 cm³/mol. The van der Waals surface area contributed by atoms with Gasteiger partial charge in [0.25, 0.3) is 11.1 Å². The van der Waals surface area contributed by atoms with Crippen LogP contribution in [0.1, 0.15) is 16.7 Å². The van der Waals surface area contributed by atoms with Crippen LogP contribution in [0.25, 0.3) is 6.08 Å². The maximum Gasteiger partial charge on any atom is 0.293 e. The van der Waals surface area contributed by atoms with E-state index in [9.17, 15) is 9.59 Å². The van der Waals surface area contributed by atoms with Gasteiger partial charge in [0.1, 0.15) is 12.4 Å². The van der Waals surface area contributed by atoms with E-state index < -0.39 is 0 Å². The molecule has 0 atom stereocenters. The monoisotopic (exact) mass is 513 g/mol. The second-order valence-electron chi connectivity index (χ2n) is 7.51. The van der Waals surface area contributed by atoms with Crippen LogP contribution in [0, 0.1) is 0 Å². The summed E-state index contributed by atoms with van der Waals surface area (Å²) < 4.78 is 16.5.